The average molecular weight is 363 g/mol. The van der Waals surface area contributed by atoms with E-state index in [4.69, 9.17) is 4.74 Å². The molecule has 3 aromatic rings. The molecule has 2 heterocycles. The fraction of sp³-hybridized carbons (Fsp3) is 0.300. The van der Waals surface area contributed by atoms with Crippen LogP contribution in [0.4, 0.5) is 0 Å². The third-order valence-corrected chi connectivity index (χ3v) is 4.68. The van der Waals surface area contributed by atoms with Crippen LogP contribution in [-0.4, -0.2) is 31.8 Å². The Bertz CT molecular complexity index is 922. The lowest BCUT2D eigenvalue weighted by Crippen LogP contribution is -2.35. The van der Waals surface area contributed by atoms with Gasteiger partial charge in [0.15, 0.2) is 11.9 Å². The van der Waals surface area contributed by atoms with Crippen LogP contribution in [0.3, 0.4) is 0 Å². The summed E-state index contributed by atoms with van der Waals surface area (Å²) in [5.74, 6) is 1.27. The number of ether oxygens (including phenoxy) is 1. The molecule has 0 unspecified atom stereocenters. The lowest BCUT2D eigenvalue weighted by Gasteiger charge is -2.15. The number of aromatic nitrogens is 4. The van der Waals surface area contributed by atoms with Gasteiger partial charge in [-0.1, -0.05) is 12.1 Å². The van der Waals surface area contributed by atoms with Crippen LogP contribution in [0.1, 0.15) is 30.0 Å². The molecule has 0 spiro atoms. The fourth-order valence-electron chi connectivity index (χ4n) is 3.20. The number of rotatable bonds is 6. The number of hydrogen-bond donors (Lipinski definition) is 1. The summed E-state index contributed by atoms with van der Waals surface area (Å²) in [7, 11) is 0. The molecule has 1 aromatic carbocycles. The van der Waals surface area contributed by atoms with E-state index < -0.39 is 6.10 Å². The molecule has 7 nitrogen and oxygen atoms in total. The van der Waals surface area contributed by atoms with Gasteiger partial charge in [0.1, 0.15) is 18.4 Å². The van der Waals surface area contributed by atoms with Crippen molar-refractivity contribution in [2.45, 2.75) is 38.8 Å². The Kier molecular flexibility index (Phi) is 4.82. The molecule has 7 heteroatoms. The molecule has 0 bridgehead atoms. The summed E-state index contributed by atoms with van der Waals surface area (Å²) in [6.07, 6.45) is 7.61. The number of benzene rings is 1. The van der Waals surface area contributed by atoms with Gasteiger partial charge in [0.2, 0.25) is 0 Å². The highest BCUT2D eigenvalue weighted by Crippen LogP contribution is 2.26. The van der Waals surface area contributed by atoms with Crippen molar-refractivity contribution in [2.24, 2.45) is 0 Å². The third kappa shape index (κ3) is 3.97. The summed E-state index contributed by atoms with van der Waals surface area (Å²) in [4.78, 5) is 20.5. The number of amides is 1. The van der Waals surface area contributed by atoms with Crippen molar-refractivity contribution in [3.05, 3.63) is 65.9 Å². The minimum Gasteiger partial charge on any atom is -0.481 e. The lowest BCUT2D eigenvalue weighted by atomic mass is 10.1. The third-order valence-electron chi connectivity index (χ3n) is 4.68. The molecule has 0 aliphatic heterocycles. The van der Waals surface area contributed by atoms with Crippen molar-refractivity contribution >= 4 is 5.91 Å². The van der Waals surface area contributed by atoms with E-state index in [1.807, 2.05) is 18.2 Å². The van der Waals surface area contributed by atoms with Crippen molar-refractivity contribution in [1.82, 2.24) is 25.1 Å². The van der Waals surface area contributed by atoms with E-state index in [1.165, 1.54) is 23.9 Å². The maximum absolute atomic E-state index is 12.3. The van der Waals surface area contributed by atoms with Crippen LogP contribution in [0.25, 0.3) is 5.82 Å². The Morgan fingerprint density at radius 1 is 1.26 bits per heavy atom. The van der Waals surface area contributed by atoms with Crippen LogP contribution in [0.5, 0.6) is 5.75 Å². The van der Waals surface area contributed by atoms with Crippen molar-refractivity contribution in [3.63, 3.8) is 0 Å². The van der Waals surface area contributed by atoms with Crippen LogP contribution in [-0.2, 0) is 24.2 Å². The van der Waals surface area contributed by atoms with Crippen molar-refractivity contribution < 1.29 is 9.53 Å². The Morgan fingerprint density at radius 3 is 2.93 bits per heavy atom. The number of carbonyl (C=O) groups is 1. The molecular weight excluding hydrogens is 342 g/mol. The first-order valence-electron chi connectivity index (χ1n) is 9.05. The first-order valence-corrected chi connectivity index (χ1v) is 9.05. The standard InChI is InChI=1S/C20H21N5O2/c1-14(27-18-7-6-16-3-2-4-17(16)9-18)20(26)23-11-15-5-8-19(22-10-15)25-13-21-12-24-25/h5-10,12-14H,2-4,11H2,1H3,(H,23,26)/t14-/m0/s1. The molecule has 1 aliphatic carbocycles. The number of carbonyl (C=O) groups excluding carboxylic acids is 1. The topological polar surface area (TPSA) is 81.9 Å². The summed E-state index contributed by atoms with van der Waals surface area (Å²) in [5, 5.41) is 6.92. The largest absolute Gasteiger partial charge is 0.481 e. The van der Waals surface area contributed by atoms with Crippen LogP contribution >= 0.6 is 0 Å². The molecule has 27 heavy (non-hydrogen) atoms. The van der Waals surface area contributed by atoms with Gasteiger partial charge in [-0.3, -0.25) is 4.79 Å². The summed E-state index contributed by atoms with van der Waals surface area (Å²) < 4.78 is 7.39. The molecule has 0 fully saturated rings. The lowest BCUT2D eigenvalue weighted by molar-refractivity contribution is -0.127. The monoisotopic (exact) mass is 363 g/mol. The summed E-state index contributed by atoms with van der Waals surface area (Å²) >= 11 is 0. The number of nitrogens with zero attached hydrogens (tertiary/aromatic N) is 4. The molecule has 1 aliphatic rings. The van der Waals surface area contributed by atoms with Crippen LogP contribution < -0.4 is 10.1 Å². The van der Waals surface area contributed by atoms with Gasteiger partial charge in [0, 0.05) is 12.7 Å². The molecule has 1 amide bonds. The zero-order valence-corrected chi connectivity index (χ0v) is 15.1. The number of pyridine rings is 1. The maximum Gasteiger partial charge on any atom is 0.261 e. The average Bonchev–Trinajstić information content (AvgIpc) is 3.38. The second kappa shape index (κ2) is 7.57. The first kappa shape index (κ1) is 17.2. The van der Waals surface area contributed by atoms with Gasteiger partial charge in [-0.05, 0) is 61.1 Å². The van der Waals surface area contributed by atoms with E-state index in [-0.39, 0.29) is 5.91 Å². The van der Waals surface area contributed by atoms with Gasteiger partial charge >= 0.3 is 0 Å². The highest BCUT2D eigenvalue weighted by Gasteiger charge is 2.16. The minimum absolute atomic E-state index is 0.157. The zero-order valence-electron chi connectivity index (χ0n) is 15.1. The number of fused-ring (bicyclic) bond motifs is 1. The normalized spacial score (nSPS) is 13.8. The SMILES string of the molecule is C[C@H](Oc1ccc2c(c1)CCC2)C(=O)NCc1ccc(-n2cncn2)nc1. The van der Waals surface area contributed by atoms with Gasteiger partial charge in [-0.2, -0.15) is 5.10 Å². The summed E-state index contributed by atoms with van der Waals surface area (Å²) in [5.41, 5.74) is 3.62. The molecule has 2 aromatic heterocycles. The highest BCUT2D eigenvalue weighted by molar-refractivity contribution is 5.80. The van der Waals surface area contributed by atoms with E-state index in [2.05, 4.69) is 32.5 Å². The molecule has 4 rings (SSSR count). The van der Waals surface area contributed by atoms with Crippen LogP contribution in [0.15, 0.2) is 49.2 Å². The van der Waals surface area contributed by atoms with E-state index in [0.29, 0.717) is 12.4 Å². The van der Waals surface area contributed by atoms with Gasteiger partial charge in [0.05, 0.1) is 0 Å². The van der Waals surface area contributed by atoms with E-state index >= 15 is 0 Å². The second-order valence-electron chi connectivity index (χ2n) is 6.63. The quantitative estimate of drug-likeness (QED) is 0.726. The summed E-state index contributed by atoms with van der Waals surface area (Å²) in [6, 6.07) is 9.83. The number of aryl methyl sites for hydroxylation is 2. The van der Waals surface area contributed by atoms with Crippen LogP contribution in [0, 0.1) is 0 Å². The number of hydrogen-bond acceptors (Lipinski definition) is 5. The van der Waals surface area contributed by atoms with Crippen LogP contribution in [0.2, 0.25) is 0 Å². The Balaban J connectivity index is 1.31. The number of nitrogens with one attached hydrogen (secondary N) is 1. The van der Waals surface area contributed by atoms with Gasteiger partial charge in [-0.15, -0.1) is 0 Å². The molecule has 0 saturated heterocycles. The van der Waals surface area contributed by atoms with Gasteiger partial charge in [-0.25, -0.2) is 14.6 Å². The van der Waals surface area contributed by atoms with E-state index in [9.17, 15) is 4.79 Å². The first-order chi connectivity index (χ1) is 13.2. The Morgan fingerprint density at radius 2 is 2.15 bits per heavy atom. The smallest absolute Gasteiger partial charge is 0.261 e. The van der Waals surface area contributed by atoms with Crippen molar-refractivity contribution in [2.75, 3.05) is 0 Å². The molecule has 138 valence electrons. The van der Waals surface area contributed by atoms with Crippen molar-refractivity contribution in [3.8, 4) is 11.6 Å². The Labute approximate surface area is 157 Å². The minimum atomic E-state index is -0.563. The fourth-order valence-corrected chi connectivity index (χ4v) is 3.20. The molecule has 1 N–H and O–H groups in total. The molecule has 0 radical (unpaired) electrons. The summed E-state index contributed by atoms with van der Waals surface area (Å²) in [6.45, 7) is 2.15. The predicted octanol–water partition coefficient (Wildman–Crippen LogP) is 2.23. The van der Waals surface area contributed by atoms with Crippen molar-refractivity contribution in [1.29, 1.82) is 0 Å². The molecule has 0 saturated carbocycles. The predicted molar refractivity (Wildman–Crippen MR) is 99.6 cm³/mol. The maximum atomic E-state index is 12.3. The Hall–Kier alpha value is -3.22. The van der Waals surface area contributed by atoms with Gasteiger partial charge in [0.25, 0.3) is 5.91 Å². The van der Waals surface area contributed by atoms with E-state index in [1.54, 1.807) is 24.1 Å². The van der Waals surface area contributed by atoms with Gasteiger partial charge < -0.3 is 10.1 Å². The second-order valence-corrected chi connectivity index (χ2v) is 6.63. The van der Waals surface area contributed by atoms with E-state index in [0.717, 1.165) is 24.2 Å². The molecule has 1 atom stereocenters. The molecular formula is C20H21N5O2. The highest BCUT2D eigenvalue weighted by atomic mass is 16.5. The zero-order chi connectivity index (χ0) is 18.6.